The lowest BCUT2D eigenvalue weighted by atomic mass is 10.1. The molecule has 2 aromatic carbocycles. The first-order valence-electron chi connectivity index (χ1n) is 9.00. The third-order valence-corrected chi connectivity index (χ3v) is 4.36. The molecule has 0 saturated carbocycles. The van der Waals surface area contributed by atoms with Crippen molar-refractivity contribution in [3.05, 3.63) is 78.3 Å². The zero-order valence-corrected chi connectivity index (χ0v) is 15.5. The van der Waals surface area contributed by atoms with Crippen molar-refractivity contribution in [3.63, 3.8) is 0 Å². The average Bonchev–Trinajstić information content (AvgIpc) is 3.13. The standard InChI is InChI=1S/C22H22FN3O/c1-3-25(4-2)21(27)15-12-18-16-26(20-8-6-5-7-9-20)24-22(18)17-10-13-19(23)14-11-17/h5-16H,3-4H2,1-2H3/b15-12-. The van der Waals surface area contributed by atoms with E-state index in [2.05, 4.69) is 5.10 Å². The van der Waals surface area contributed by atoms with Gasteiger partial charge >= 0.3 is 0 Å². The average molecular weight is 363 g/mol. The predicted octanol–water partition coefficient (Wildman–Crippen LogP) is 4.56. The molecule has 4 nitrogen and oxygen atoms in total. The van der Waals surface area contributed by atoms with Crippen LogP contribution in [0.4, 0.5) is 4.39 Å². The molecule has 1 heterocycles. The van der Waals surface area contributed by atoms with Gasteiger partial charge in [0.25, 0.3) is 0 Å². The second kappa shape index (κ2) is 8.45. The van der Waals surface area contributed by atoms with Crippen LogP contribution < -0.4 is 0 Å². The Bertz CT molecular complexity index is 926. The lowest BCUT2D eigenvalue weighted by Crippen LogP contribution is -2.28. The van der Waals surface area contributed by atoms with Crippen molar-refractivity contribution in [3.8, 4) is 16.9 Å². The Balaban J connectivity index is 2.01. The molecule has 1 amide bonds. The number of rotatable bonds is 6. The number of hydrogen-bond donors (Lipinski definition) is 0. The van der Waals surface area contributed by atoms with E-state index < -0.39 is 0 Å². The van der Waals surface area contributed by atoms with Crippen LogP contribution in [-0.4, -0.2) is 33.7 Å². The minimum absolute atomic E-state index is 0.0440. The summed E-state index contributed by atoms with van der Waals surface area (Å²) in [5.74, 6) is -0.340. The van der Waals surface area contributed by atoms with Gasteiger partial charge in [-0.15, -0.1) is 0 Å². The van der Waals surface area contributed by atoms with Gasteiger partial charge in [0.2, 0.25) is 5.91 Å². The molecule has 0 radical (unpaired) electrons. The van der Waals surface area contributed by atoms with E-state index in [0.29, 0.717) is 18.8 Å². The minimum Gasteiger partial charge on any atom is -0.340 e. The Hall–Kier alpha value is -3.21. The van der Waals surface area contributed by atoms with E-state index in [1.165, 1.54) is 12.1 Å². The maximum absolute atomic E-state index is 13.3. The van der Waals surface area contributed by atoms with Gasteiger partial charge in [-0.2, -0.15) is 5.10 Å². The first kappa shape index (κ1) is 18.6. The molecule has 3 rings (SSSR count). The highest BCUT2D eigenvalue weighted by Crippen LogP contribution is 2.25. The van der Waals surface area contributed by atoms with Crippen LogP contribution in [0.1, 0.15) is 19.4 Å². The maximum Gasteiger partial charge on any atom is 0.246 e. The molecule has 0 saturated heterocycles. The topological polar surface area (TPSA) is 38.1 Å². The summed E-state index contributed by atoms with van der Waals surface area (Å²) in [4.78, 5) is 14.1. The largest absolute Gasteiger partial charge is 0.340 e. The first-order valence-corrected chi connectivity index (χ1v) is 9.00. The molecule has 0 N–H and O–H groups in total. The zero-order chi connectivity index (χ0) is 19.2. The van der Waals surface area contributed by atoms with Gasteiger partial charge in [-0.3, -0.25) is 4.79 Å². The van der Waals surface area contributed by atoms with Crippen LogP contribution in [0.15, 0.2) is 66.9 Å². The highest BCUT2D eigenvalue weighted by atomic mass is 19.1. The van der Waals surface area contributed by atoms with Crippen LogP contribution in [0.3, 0.4) is 0 Å². The fraction of sp³-hybridized carbons (Fsp3) is 0.182. The fourth-order valence-electron chi connectivity index (χ4n) is 2.86. The lowest BCUT2D eigenvalue weighted by Gasteiger charge is -2.15. The van der Waals surface area contributed by atoms with E-state index in [1.54, 1.807) is 33.9 Å². The van der Waals surface area contributed by atoms with E-state index in [4.69, 9.17) is 0 Å². The summed E-state index contributed by atoms with van der Waals surface area (Å²) < 4.78 is 15.1. The Labute approximate surface area is 158 Å². The Morgan fingerprint density at radius 3 is 2.37 bits per heavy atom. The summed E-state index contributed by atoms with van der Waals surface area (Å²) in [5, 5.41) is 4.66. The third-order valence-electron chi connectivity index (χ3n) is 4.36. The van der Waals surface area contributed by atoms with Crippen molar-refractivity contribution in [2.75, 3.05) is 13.1 Å². The van der Waals surface area contributed by atoms with E-state index >= 15 is 0 Å². The van der Waals surface area contributed by atoms with Gasteiger partial charge in [0.1, 0.15) is 5.82 Å². The maximum atomic E-state index is 13.3. The number of aromatic nitrogens is 2. The lowest BCUT2D eigenvalue weighted by molar-refractivity contribution is -0.125. The van der Waals surface area contributed by atoms with Crippen LogP contribution in [0.25, 0.3) is 23.0 Å². The van der Waals surface area contributed by atoms with Crippen LogP contribution in [-0.2, 0) is 4.79 Å². The molecule has 0 fully saturated rings. The number of nitrogens with zero attached hydrogens (tertiary/aromatic N) is 3. The molecule has 0 bridgehead atoms. The molecule has 0 unspecified atom stereocenters. The first-order chi connectivity index (χ1) is 13.1. The van der Waals surface area contributed by atoms with Gasteiger partial charge in [0.15, 0.2) is 0 Å². The molecule has 0 aliphatic carbocycles. The minimum atomic E-state index is -0.296. The van der Waals surface area contributed by atoms with E-state index in [9.17, 15) is 9.18 Å². The second-order valence-electron chi connectivity index (χ2n) is 6.06. The van der Waals surface area contributed by atoms with Crippen LogP contribution in [0.5, 0.6) is 0 Å². The number of hydrogen-bond acceptors (Lipinski definition) is 2. The van der Waals surface area contributed by atoms with E-state index in [-0.39, 0.29) is 11.7 Å². The molecule has 0 aliphatic rings. The number of halogens is 1. The van der Waals surface area contributed by atoms with Gasteiger partial charge in [0, 0.05) is 36.5 Å². The Morgan fingerprint density at radius 2 is 1.74 bits per heavy atom. The number of carbonyl (C=O) groups is 1. The molecule has 0 spiro atoms. The highest BCUT2D eigenvalue weighted by molar-refractivity contribution is 5.92. The summed E-state index contributed by atoms with van der Waals surface area (Å²) in [6, 6.07) is 15.9. The quantitative estimate of drug-likeness (QED) is 0.602. The van der Waals surface area contributed by atoms with Crippen LogP contribution in [0, 0.1) is 5.82 Å². The molecule has 3 aromatic rings. The van der Waals surface area contributed by atoms with Crippen molar-refractivity contribution < 1.29 is 9.18 Å². The summed E-state index contributed by atoms with van der Waals surface area (Å²) in [6.07, 6.45) is 5.21. The third kappa shape index (κ3) is 4.31. The SMILES string of the molecule is CCN(CC)C(=O)/C=C\c1cn(-c2ccccc2)nc1-c1ccc(F)cc1. The molecule has 1 aromatic heterocycles. The summed E-state index contributed by atoms with van der Waals surface area (Å²) in [7, 11) is 0. The van der Waals surface area contributed by atoms with E-state index in [0.717, 1.165) is 16.8 Å². The van der Waals surface area contributed by atoms with Crippen molar-refractivity contribution in [2.24, 2.45) is 0 Å². The van der Waals surface area contributed by atoms with Crippen LogP contribution >= 0.6 is 0 Å². The van der Waals surface area contributed by atoms with Crippen molar-refractivity contribution >= 4 is 12.0 Å². The molecular weight excluding hydrogens is 341 g/mol. The smallest absolute Gasteiger partial charge is 0.246 e. The number of para-hydroxylation sites is 1. The molecule has 138 valence electrons. The van der Waals surface area contributed by atoms with Gasteiger partial charge in [-0.1, -0.05) is 18.2 Å². The van der Waals surface area contributed by atoms with Crippen LogP contribution in [0.2, 0.25) is 0 Å². The second-order valence-corrected chi connectivity index (χ2v) is 6.06. The number of amides is 1. The molecule has 5 heteroatoms. The molecular formula is C22H22FN3O. The summed E-state index contributed by atoms with van der Waals surface area (Å²) in [6.45, 7) is 5.22. The highest BCUT2D eigenvalue weighted by Gasteiger charge is 2.12. The number of carbonyl (C=O) groups excluding carboxylic acids is 1. The Morgan fingerprint density at radius 1 is 1.07 bits per heavy atom. The van der Waals surface area contributed by atoms with Gasteiger partial charge in [0.05, 0.1) is 11.4 Å². The normalized spacial score (nSPS) is 11.1. The zero-order valence-electron chi connectivity index (χ0n) is 15.5. The molecule has 0 aliphatic heterocycles. The summed E-state index contributed by atoms with van der Waals surface area (Å²) in [5.41, 5.74) is 3.20. The van der Waals surface area contributed by atoms with Crippen molar-refractivity contribution in [2.45, 2.75) is 13.8 Å². The monoisotopic (exact) mass is 363 g/mol. The van der Waals surface area contributed by atoms with Gasteiger partial charge < -0.3 is 4.90 Å². The Kier molecular flexibility index (Phi) is 5.81. The van der Waals surface area contributed by atoms with Crippen molar-refractivity contribution in [1.82, 2.24) is 14.7 Å². The molecule has 0 atom stereocenters. The molecule has 27 heavy (non-hydrogen) atoms. The summed E-state index contributed by atoms with van der Waals surface area (Å²) >= 11 is 0. The van der Waals surface area contributed by atoms with E-state index in [1.807, 2.05) is 50.4 Å². The number of likely N-dealkylation sites (N-methyl/N-ethyl adjacent to an activating group) is 1. The number of benzene rings is 2. The fourth-order valence-corrected chi connectivity index (χ4v) is 2.86. The predicted molar refractivity (Wildman–Crippen MR) is 106 cm³/mol. The van der Waals surface area contributed by atoms with Gasteiger partial charge in [-0.25, -0.2) is 9.07 Å². The van der Waals surface area contributed by atoms with Gasteiger partial charge in [-0.05, 0) is 56.3 Å². The van der Waals surface area contributed by atoms with Crippen molar-refractivity contribution in [1.29, 1.82) is 0 Å².